The van der Waals surface area contributed by atoms with Crippen LogP contribution in [0.4, 0.5) is 4.79 Å². The number of hydrogen-bond donors (Lipinski definition) is 1. The van der Waals surface area contributed by atoms with Gasteiger partial charge in [-0.2, -0.15) is 0 Å². The second-order valence-electron chi connectivity index (χ2n) is 4.31. The predicted octanol–water partition coefficient (Wildman–Crippen LogP) is 0.416. The lowest BCUT2D eigenvalue weighted by Crippen LogP contribution is -2.50. The fourth-order valence-corrected chi connectivity index (χ4v) is 1.93. The summed E-state index contributed by atoms with van der Waals surface area (Å²) in [7, 11) is 0. The van der Waals surface area contributed by atoms with Crippen LogP contribution in [0.15, 0.2) is 0 Å². The summed E-state index contributed by atoms with van der Waals surface area (Å²) in [5.74, 6) is 0.159. The molecule has 2 amide bonds. The van der Waals surface area contributed by atoms with E-state index in [1.54, 1.807) is 11.8 Å². The van der Waals surface area contributed by atoms with Crippen molar-refractivity contribution in [3.05, 3.63) is 0 Å². The van der Waals surface area contributed by atoms with Crippen molar-refractivity contribution in [2.45, 2.75) is 26.2 Å². The van der Waals surface area contributed by atoms with Crippen molar-refractivity contribution in [1.82, 2.24) is 9.80 Å². The number of amides is 2. The molecule has 6 nitrogen and oxygen atoms in total. The van der Waals surface area contributed by atoms with Crippen molar-refractivity contribution in [3.8, 4) is 0 Å². The number of piperazine rings is 1. The van der Waals surface area contributed by atoms with E-state index < -0.39 is 0 Å². The normalized spacial score (nSPS) is 15.7. The van der Waals surface area contributed by atoms with Crippen LogP contribution >= 0.6 is 0 Å². The van der Waals surface area contributed by atoms with Gasteiger partial charge in [0.2, 0.25) is 5.91 Å². The summed E-state index contributed by atoms with van der Waals surface area (Å²) < 4.78 is 4.93. The Morgan fingerprint density at radius 1 is 1.11 bits per heavy atom. The van der Waals surface area contributed by atoms with Crippen LogP contribution in [-0.2, 0) is 9.53 Å². The van der Waals surface area contributed by atoms with Gasteiger partial charge in [-0.25, -0.2) is 4.79 Å². The lowest BCUT2D eigenvalue weighted by molar-refractivity contribution is -0.132. The average molecular weight is 257 g/mol. The zero-order chi connectivity index (χ0) is 13.4. The molecule has 0 bridgehead atoms. The van der Waals surface area contributed by atoms with E-state index in [9.17, 15) is 9.59 Å². The number of hydrogen-bond acceptors (Lipinski definition) is 4. The molecule has 0 spiro atoms. The highest BCUT2D eigenvalue weighted by Gasteiger charge is 2.24. The molecule has 1 aliphatic rings. The summed E-state index contributed by atoms with van der Waals surface area (Å²) in [6.07, 6.45) is 1.99. The molecule has 0 aliphatic carbocycles. The largest absolute Gasteiger partial charge is 0.450 e. The van der Waals surface area contributed by atoms with E-state index in [0.29, 0.717) is 45.8 Å². The molecule has 18 heavy (non-hydrogen) atoms. The van der Waals surface area contributed by atoms with E-state index in [0.717, 1.165) is 12.8 Å². The SMILES string of the molecule is CCOC(=O)N1CCN(C(=O)CCCCN)CC1. The Morgan fingerprint density at radius 2 is 1.72 bits per heavy atom. The maximum absolute atomic E-state index is 11.8. The molecule has 1 saturated heterocycles. The van der Waals surface area contributed by atoms with Gasteiger partial charge in [0.05, 0.1) is 6.61 Å². The molecule has 6 heteroatoms. The van der Waals surface area contributed by atoms with Gasteiger partial charge in [-0.05, 0) is 26.3 Å². The molecule has 104 valence electrons. The maximum Gasteiger partial charge on any atom is 0.409 e. The van der Waals surface area contributed by atoms with Crippen molar-refractivity contribution >= 4 is 12.0 Å². The Kier molecular flexibility index (Phi) is 6.49. The van der Waals surface area contributed by atoms with Crippen LogP contribution in [-0.4, -0.2) is 61.1 Å². The van der Waals surface area contributed by atoms with Crippen LogP contribution in [0.1, 0.15) is 26.2 Å². The van der Waals surface area contributed by atoms with Crippen LogP contribution in [0.25, 0.3) is 0 Å². The molecule has 0 unspecified atom stereocenters. The Labute approximate surface area is 108 Å². The minimum absolute atomic E-state index is 0.159. The third-order valence-electron chi connectivity index (χ3n) is 3.00. The number of rotatable bonds is 5. The summed E-state index contributed by atoms with van der Waals surface area (Å²) in [5.41, 5.74) is 5.39. The van der Waals surface area contributed by atoms with E-state index in [2.05, 4.69) is 0 Å². The van der Waals surface area contributed by atoms with Gasteiger partial charge in [-0.1, -0.05) is 0 Å². The topological polar surface area (TPSA) is 75.9 Å². The van der Waals surface area contributed by atoms with Gasteiger partial charge in [0.15, 0.2) is 0 Å². The van der Waals surface area contributed by atoms with Gasteiger partial charge in [0, 0.05) is 32.6 Å². The van der Waals surface area contributed by atoms with Gasteiger partial charge < -0.3 is 20.3 Å². The standard InChI is InChI=1S/C12H23N3O3/c1-2-18-12(17)15-9-7-14(8-10-15)11(16)5-3-4-6-13/h2-10,13H2,1H3. The zero-order valence-corrected chi connectivity index (χ0v) is 11.1. The average Bonchev–Trinajstić information content (AvgIpc) is 2.39. The summed E-state index contributed by atoms with van der Waals surface area (Å²) in [6, 6.07) is 0. The first-order valence-electron chi connectivity index (χ1n) is 6.58. The molecule has 0 aromatic heterocycles. The van der Waals surface area contributed by atoms with Crippen LogP contribution in [0, 0.1) is 0 Å². The van der Waals surface area contributed by atoms with E-state index in [-0.39, 0.29) is 12.0 Å². The summed E-state index contributed by atoms with van der Waals surface area (Å²) in [5, 5.41) is 0. The Balaban J connectivity index is 2.26. The van der Waals surface area contributed by atoms with Gasteiger partial charge in [-0.15, -0.1) is 0 Å². The number of nitrogens with zero attached hydrogens (tertiary/aromatic N) is 2. The third-order valence-corrected chi connectivity index (χ3v) is 3.00. The predicted molar refractivity (Wildman–Crippen MR) is 68.1 cm³/mol. The maximum atomic E-state index is 11.8. The van der Waals surface area contributed by atoms with E-state index >= 15 is 0 Å². The van der Waals surface area contributed by atoms with Crippen molar-refractivity contribution < 1.29 is 14.3 Å². The smallest absolute Gasteiger partial charge is 0.409 e. The van der Waals surface area contributed by atoms with Crippen molar-refractivity contribution in [2.24, 2.45) is 5.73 Å². The van der Waals surface area contributed by atoms with Crippen molar-refractivity contribution in [2.75, 3.05) is 39.3 Å². The molecule has 2 N–H and O–H groups in total. The molecule has 1 rings (SSSR count). The first-order chi connectivity index (χ1) is 8.69. The molecule has 0 aromatic carbocycles. The van der Waals surface area contributed by atoms with Crippen LogP contribution in [0.5, 0.6) is 0 Å². The molecular weight excluding hydrogens is 234 g/mol. The molecule has 1 fully saturated rings. The Morgan fingerprint density at radius 3 is 2.28 bits per heavy atom. The molecule has 1 heterocycles. The van der Waals surface area contributed by atoms with E-state index in [1.165, 1.54) is 0 Å². The highest BCUT2D eigenvalue weighted by molar-refractivity contribution is 5.76. The lowest BCUT2D eigenvalue weighted by atomic mass is 10.2. The minimum atomic E-state index is -0.285. The highest BCUT2D eigenvalue weighted by Crippen LogP contribution is 2.07. The Hall–Kier alpha value is -1.30. The molecule has 1 aliphatic heterocycles. The Bertz CT molecular complexity index is 276. The van der Waals surface area contributed by atoms with Crippen molar-refractivity contribution in [1.29, 1.82) is 0 Å². The van der Waals surface area contributed by atoms with Crippen LogP contribution in [0.3, 0.4) is 0 Å². The van der Waals surface area contributed by atoms with Gasteiger partial charge >= 0.3 is 6.09 Å². The third kappa shape index (κ3) is 4.52. The number of unbranched alkanes of at least 4 members (excludes halogenated alkanes) is 1. The number of carbonyl (C=O) groups is 2. The monoisotopic (exact) mass is 257 g/mol. The van der Waals surface area contributed by atoms with Crippen LogP contribution in [0.2, 0.25) is 0 Å². The number of nitrogens with two attached hydrogens (primary N) is 1. The lowest BCUT2D eigenvalue weighted by Gasteiger charge is -2.34. The van der Waals surface area contributed by atoms with Crippen molar-refractivity contribution in [3.63, 3.8) is 0 Å². The summed E-state index contributed by atoms with van der Waals surface area (Å²) in [4.78, 5) is 26.8. The van der Waals surface area contributed by atoms with Gasteiger partial charge in [0.25, 0.3) is 0 Å². The molecular formula is C12H23N3O3. The molecule has 0 saturated carbocycles. The second kappa shape index (κ2) is 7.92. The minimum Gasteiger partial charge on any atom is -0.450 e. The second-order valence-corrected chi connectivity index (χ2v) is 4.31. The number of ether oxygens (including phenoxy) is 1. The first-order valence-corrected chi connectivity index (χ1v) is 6.58. The first kappa shape index (κ1) is 14.8. The summed E-state index contributed by atoms with van der Waals surface area (Å²) in [6.45, 7) is 5.11. The number of carbonyl (C=O) groups excluding carboxylic acids is 2. The summed E-state index contributed by atoms with van der Waals surface area (Å²) >= 11 is 0. The van der Waals surface area contributed by atoms with E-state index in [4.69, 9.17) is 10.5 Å². The van der Waals surface area contributed by atoms with Gasteiger partial charge in [0.1, 0.15) is 0 Å². The quantitative estimate of drug-likeness (QED) is 0.724. The van der Waals surface area contributed by atoms with E-state index in [1.807, 2.05) is 4.90 Å². The fraction of sp³-hybridized carbons (Fsp3) is 0.833. The zero-order valence-electron chi connectivity index (χ0n) is 11.1. The molecule has 0 radical (unpaired) electrons. The fourth-order valence-electron chi connectivity index (χ4n) is 1.93. The van der Waals surface area contributed by atoms with Gasteiger partial charge in [-0.3, -0.25) is 4.79 Å². The molecule has 0 atom stereocenters. The van der Waals surface area contributed by atoms with Crippen LogP contribution < -0.4 is 5.73 Å². The highest BCUT2D eigenvalue weighted by atomic mass is 16.6. The molecule has 0 aromatic rings.